The molecule has 4 aliphatic rings. The topological polar surface area (TPSA) is 95.9 Å². The minimum Gasteiger partial charge on any atom is -0.378 e. The van der Waals surface area contributed by atoms with E-state index in [1.165, 1.54) is 17.2 Å². The van der Waals surface area contributed by atoms with Gasteiger partial charge in [0.2, 0.25) is 0 Å². The van der Waals surface area contributed by atoms with Crippen LogP contribution in [0, 0.1) is 17.1 Å². The zero-order valence-electron chi connectivity index (χ0n) is 21.4. The Morgan fingerprint density at radius 3 is 2.89 bits per heavy atom. The molecule has 0 bridgehead atoms. The molecule has 0 saturated carbocycles. The number of fused-ring (bicyclic) bond motifs is 2. The summed E-state index contributed by atoms with van der Waals surface area (Å²) in [5.74, 6) is -0.750. The van der Waals surface area contributed by atoms with Crippen molar-refractivity contribution in [1.82, 2.24) is 15.5 Å². The summed E-state index contributed by atoms with van der Waals surface area (Å²) in [6.07, 6.45) is 1.20. The number of halogens is 1. The van der Waals surface area contributed by atoms with E-state index in [1.54, 1.807) is 6.07 Å². The van der Waals surface area contributed by atoms with Crippen LogP contribution in [0.5, 0.6) is 0 Å². The van der Waals surface area contributed by atoms with Gasteiger partial charge in [0.25, 0.3) is 5.91 Å². The molecule has 3 saturated heterocycles. The number of carbonyl (C=O) groups excluding carboxylic acids is 1. The first-order chi connectivity index (χ1) is 18.5. The van der Waals surface area contributed by atoms with Gasteiger partial charge in [0.05, 0.1) is 31.9 Å². The summed E-state index contributed by atoms with van der Waals surface area (Å²) in [6.45, 7) is 5.69. The number of carbonyl (C=O) groups is 1. The summed E-state index contributed by atoms with van der Waals surface area (Å²) >= 11 is 0. The zero-order chi connectivity index (χ0) is 26.1. The lowest BCUT2D eigenvalue weighted by Gasteiger charge is -2.35. The Labute approximate surface area is 222 Å². The molecule has 0 aromatic heterocycles. The Hall–Kier alpha value is -2.87. The van der Waals surface area contributed by atoms with Gasteiger partial charge in [-0.3, -0.25) is 9.69 Å². The molecule has 0 aliphatic carbocycles. The lowest BCUT2D eigenvalue weighted by molar-refractivity contribution is -0.132. The molecule has 200 valence electrons. The molecule has 1 unspecified atom stereocenters. The van der Waals surface area contributed by atoms with Crippen molar-refractivity contribution < 1.29 is 23.4 Å². The molecule has 38 heavy (non-hydrogen) atoms. The van der Waals surface area contributed by atoms with Crippen molar-refractivity contribution >= 4 is 5.91 Å². The number of benzene rings is 2. The van der Waals surface area contributed by atoms with Gasteiger partial charge in [-0.25, -0.2) is 4.39 Å². The van der Waals surface area contributed by atoms with E-state index in [-0.39, 0.29) is 17.9 Å². The maximum atomic E-state index is 15.2. The Morgan fingerprint density at radius 2 is 2.11 bits per heavy atom. The second-order valence-electron chi connectivity index (χ2n) is 10.7. The predicted molar refractivity (Wildman–Crippen MR) is 138 cm³/mol. The minimum atomic E-state index is -0.849. The first-order valence-electron chi connectivity index (χ1n) is 13.4. The van der Waals surface area contributed by atoms with E-state index in [0.29, 0.717) is 31.4 Å². The van der Waals surface area contributed by atoms with Gasteiger partial charge in [-0.2, -0.15) is 5.26 Å². The van der Waals surface area contributed by atoms with Crippen molar-refractivity contribution in [3.05, 3.63) is 58.9 Å². The van der Waals surface area contributed by atoms with Crippen LogP contribution in [0.3, 0.4) is 0 Å². The van der Waals surface area contributed by atoms with E-state index in [0.717, 1.165) is 56.8 Å². The van der Waals surface area contributed by atoms with Crippen molar-refractivity contribution in [2.75, 3.05) is 46.0 Å². The number of nitriles is 1. The molecule has 2 N–H and O–H groups in total. The molecule has 2 aromatic carbocycles. The van der Waals surface area contributed by atoms with Crippen molar-refractivity contribution in [3.8, 4) is 17.2 Å². The van der Waals surface area contributed by atoms with Gasteiger partial charge >= 0.3 is 0 Å². The van der Waals surface area contributed by atoms with E-state index in [4.69, 9.17) is 14.2 Å². The first kappa shape index (κ1) is 25.4. The fourth-order valence-corrected chi connectivity index (χ4v) is 5.88. The van der Waals surface area contributed by atoms with Crippen LogP contribution < -0.4 is 10.6 Å². The van der Waals surface area contributed by atoms with Crippen molar-refractivity contribution in [1.29, 1.82) is 5.26 Å². The van der Waals surface area contributed by atoms with E-state index in [9.17, 15) is 10.1 Å². The van der Waals surface area contributed by atoms with Crippen LogP contribution in [0.2, 0.25) is 0 Å². The second kappa shape index (κ2) is 10.7. The summed E-state index contributed by atoms with van der Waals surface area (Å²) in [5, 5.41) is 15.5. The molecule has 3 fully saturated rings. The molecule has 2 aromatic rings. The van der Waals surface area contributed by atoms with Crippen LogP contribution in [0.25, 0.3) is 11.1 Å². The third-order valence-electron chi connectivity index (χ3n) is 8.22. The van der Waals surface area contributed by atoms with Gasteiger partial charge < -0.3 is 24.8 Å². The summed E-state index contributed by atoms with van der Waals surface area (Å²) in [5.41, 5.74) is 4.17. The maximum absolute atomic E-state index is 15.2. The smallest absolute Gasteiger partial charge is 0.251 e. The highest BCUT2D eigenvalue weighted by atomic mass is 19.1. The first-order valence-corrected chi connectivity index (χ1v) is 13.4. The Kier molecular flexibility index (Phi) is 7.16. The number of hydrogen-bond acceptors (Lipinski definition) is 7. The molecule has 3 atom stereocenters. The van der Waals surface area contributed by atoms with Gasteiger partial charge in [-0.15, -0.1) is 0 Å². The van der Waals surface area contributed by atoms with E-state index >= 15 is 4.39 Å². The molecule has 4 aliphatic heterocycles. The normalized spacial score (nSPS) is 26.4. The quantitative estimate of drug-likeness (QED) is 0.603. The number of likely N-dealkylation sites (tertiary alicyclic amines) is 1. The maximum Gasteiger partial charge on any atom is 0.251 e. The number of hydrogen-bond donors (Lipinski definition) is 2. The fourth-order valence-electron chi connectivity index (χ4n) is 5.88. The Bertz CT molecular complexity index is 1240. The highest BCUT2D eigenvalue weighted by molar-refractivity contribution is 5.81. The highest BCUT2D eigenvalue weighted by Gasteiger charge is 2.48. The largest absolute Gasteiger partial charge is 0.378 e. The van der Waals surface area contributed by atoms with Gasteiger partial charge in [-0.05, 0) is 59.3 Å². The summed E-state index contributed by atoms with van der Waals surface area (Å²) in [4.78, 5) is 15.0. The highest BCUT2D eigenvalue weighted by Crippen LogP contribution is 2.45. The number of nitrogens with zero attached hydrogens (tertiary/aromatic N) is 2. The molecule has 8 nitrogen and oxygen atoms in total. The van der Waals surface area contributed by atoms with Gasteiger partial charge in [0.1, 0.15) is 23.6 Å². The lowest BCUT2D eigenvalue weighted by atomic mass is 9.88. The van der Waals surface area contributed by atoms with E-state index in [2.05, 4.69) is 33.7 Å². The van der Waals surface area contributed by atoms with Gasteiger partial charge in [0, 0.05) is 32.7 Å². The van der Waals surface area contributed by atoms with Gasteiger partial charge in [-0.1, -0.05) is 24.3 Å². The van der Waals surface area contributed by atoms with Crippen LogP contribution in [0.4, 0.5) is 4.39 Å². The number of rotatable bonds is 6. The average Bonchev–Trinajstić information content (AvgIpc) is 3.35. The van der Waals surface area contributed by atoms with Crippen LogP contribution in [0.1, 0.15) is 29.5 Å². The molecule has 9 heteroatoms. The number of nitrogens with one attached hydrogen (secondary N) is 2. The zero-order valence-corrected chi connectivity index (χ0v) is 21.4. The Morgan fingerprint density at radius 1 is 1.26 bits per heavy atom. The van der Waals surface area contributed by atoms with Crippen LogP contribution in [0.15, 0.2) is 36.4 Å². The lowest BCUT2D eigenvalue weighted by Crippen LogP contribution is -2.49. The molecule has 1 amide bonds. The third kappa shape index (κ3) is 4.95. The molecule has 6 rings (SSSR count). The van der Waals surface area contributed by atoms with Crippen molar-refractivity contribution in [2.24, 2.45) is 0 Å². The van der Waals surface area contributed by atoms with Crippen LogP contribution in [-0.2, 0) is 37.6 Å². The standard InChI is InChI=1S/C29H33FN4O4/c30-26-12-20(2-4-21(26)10-23(13-31)33-28(35)27-14-32-7-1-9-37-27)19-3-5-22-15-38-29(25(22)11-19)6-8-34(18-29)24-16-36-17-24/h2-5,11-12,23-24,27,32H,1,6-10,14-18H2,(H,33,35)/t23-,27-,29?/m0/s1. The van der Waals surface area contributed by atoms with Crippen LogP contribution >= 0.6 is 0 Å². The van der Waals surface area contributed by atoms with Crippen molar-refractivity contribution in [3.63, 3.8) is 0 Å². The van der Waals surface area contributed by atoms with Crippen molar-refractivity contribution in [2.45, 2.75) is 49.7 Å². The second-order valence-corrected chi connectivity index (χ2v) is 10.7. The number of amides is 1. The fraction of sp³-hybridized carbons (Fsp3) is 0.517. The molecular formula is C29H33FN4O4. The predicted octanol–water partition coefficient (Wildman–Crippen LogP) is 2.25. The van der Waals surface area contributed by atoms with E-state index < -0.39 is 18.0 Å². The van der Waals surface area contributed by atoms with E-state index in [1.807, 2.05) is 12.1 Å². The SMILES string of the molecule is N#C[C@H](Cc1ccc(-c2ccc3c(c2)C2(CCN(C4COC4)C2)OC3)cc1F)NC(=O)[C@@H]1CNCCCO1. The third-order valence-corrected chi connectivity index (χ3v) is 8.22. The Balaban J connectivity index is 1.15. The van der Waals surface area contributed by atoms with Gasteiger partial charge in [0.15, 0.2) is 0 Å². The average molecular weight is 521 g/mol. The van der Waals surface area contributed by atoms with Crippen LogP contribution in [-0.4, -0.2) is 75.0 Å². The monoisotopic (exact) mass is 520 g/mol. The molecule has 1 spiro atoms. The molecular weight excluding hydrogens is 487 g/mol. The summed E-state index contributed by atoms with van der Waals surface area (Å²) < 4.78 is 32.5. The summed E-state index contributed by atoms with van der Waals surface area (Å²) in [7, 11) is 0. The minimum absolute atomic E-state index is 0.0797. The molecule has 4 heterocycles. The summed E-state index contributed by atoms with van der Waals surface area (Å²) in [6, 6.07) is 13.1. The molecule has 0 radical (unpaired) electrons. The number of ether oxygens (including phenoxy) is 3.